The number of halogens is 2. The summed E-state index contributed by atoms with van der Waals surface area (Å²) in [5.74, 6) is 2.47. The molecular weight excluding hydrogens is 484 g/mol. The van der Waals surface area contributed by atoms with Crippen LogP contribution in [0, 0.1) is 0 Å². The van der Waals surface area contributed by atoms with Gasteiger partial charge in [0.2, 0.25) is 0 Å². The van der Waals surface area contributed by atoms with E-state index in [0.29, 0.717) is 35.7 Å². The standard InChI is InChI=1S/C23H24Br2O3/c1-13-11-27-21-5-3-15(7-17(13)21)19(9-24)23(26)20(10-25)16-4-6-22-18(8-16)14(2)12-28-22/h3-8,13-14,19-20H,9-12H2,1-2H3. The van der Waals surface area contributed by atoms with Crippen LogP contribution in [0.3, 0.4) is 0 Å². The van der Waals surface area contributed by atoms with Crippen LogP contribution >= 0.6 is 31.9 Å². The Labute approximate surface area is 183 Å². The first-order valence-corrected chi connectivity index (χ1v) is 12.0. The number of benzene rings is 2. The van der Waals surface area contributed by atoms with E-state index < -0.39 is 0 Å². The third kappa shape index (κ3) is 3.52. The van der Waals surface area contributed by atoms with E-state index in [-0.39, 0.29) is 17.6 Å². The highest BCUT2D eigenvalue weighted by Crippen LogP contribution is 2.39. The lowest BCUT2D eigenvalue weighted by atomic mass is 9.83. The minimum atomic E-state index is -0.192. The number of ether oxygens (including phenoxy) is 2. The predicted octanol–water partition coefficient (Wildman–Crippen LogP) is 5.90. The van der Waals surface area contributed by atoms with Crippen molar-refractivity contribution in [2.45, 2.75) is 37.5 Å². The molecule has 5 heteroatoms. The van der Waals surface area contributed by atoms with Crippen LogP contribution in [-0.4, -0.2) is 29.7 Å². The van der Waals surface area contributed by atoms with Gasteiger partial charge in [0.05, 0.1) is 25.0 Å². The van der Waals surface area contributed by atoms with Crippen molar-refractivity contribution in [1.29, 1.82) is 0 Å². The molecule has 0 radical (unpaired) electrons. The summed E-state index contributed by atoms with van der Waals surface area (Å²) in [5, 5.41) is 1.21. The zero-order valence-electron chi connectivity index (χ0n) is 16.1. The van der Waals surface area contributed by atoms with Gasteiger partial charge in [-0.2, -0.15) is 0 Å². The van der Waals surface area contributed by atoms with E-state index in [1.165, 1.54) is 11.1 Å². The lowest BCUT2D eigenvalue weighted by molar-refractivity contribution is -0.121. The van der Waals surface area contributed by atoms with E-state index in [1.54, 1.807) is 0 Å². The number of hydrogen-bond donors (Lipinski definition) is 0. The molecule has 4 atom stereocenters. The monoisotopic (exact) mass is 506 g/mol. The molecule has 28 heavy (non-hydrogen) atoms. The Bertz CT molecular complexity index is 824. The normalized spacial score (nSPS) is 22.0. The maximum Gasteiger partial charge on any atom is 0.149 e. The van der Waals surface area contributed by atoms with Crippen LogP contribution < -0.4 is 9.47 Å². The summed E-state index contributed by atoms with van der Waals surface area (Å²) >= 11 is 7.18. The van der Waals surface area contributed by atoms with E-state index in [1.807, 2.05) is 24.3 Å². The second-order valence-corrected chi connectivity index (χ2v) is 9.13. The molecule has 2 heterocycles. The van der Waals surface area contributed by atoms with Gasteiger partial charge in [-0.05, 0) is 23.3 Å². The van der Waals surface area contributed by atoms with Crippen molar-refractivity contribution in [3.05, 3.63) is 58.7 Å². The number of Topliss-reactive ketones (excluding diaryl/α,β-unsaturated/α-hetero) is 1. The fraction of sp³-hybridized carbons (Fsp3) is 0.435. The number of fused-ring (bicyclic) bond motifs is 2. The molecule has 0 fully saturated rings. The van der Waals surface area contributed by atoms with Gasteiger partial charge in [0.25, 0.3) is 0 Å². The predicted molar refractivity (Wildman–Crippen MR) is 119 cm³/mol. The van der Waals surface area contributed by atoms with Crippen molar-refractivity contribution in [3.8, 4) is 11.5 Å². The molecule has 0 amide bonds. The minimum Gasteiger partial charge on any atom is -0.493 e. The summed E-state index contributed by atoms with van der Waals surface area (Å²) in [5.41, 5.74) is 4.52. The van der Waals surface area contributed by atoms with Gasteiger partial charge in [0.15, 0.2) is 0 Å². The molecule has 3 nitrogen and oxygen atoms in total. The summed E-state index contributed by atoms with van der Waals surface area (Å²) in [4.78, 5) is 13.5. The van der Waals surface area contributed by atoms with Gasteiger partial charge in [-0.15, -0.1) is 0 Å². The number of carbonyl (C=O) groups excluding carboxylic acids is 1. The fourth-order valence-corrected chi connectivity index (χ4v) is 5.50. The Balaban J connectivity index is 1.64. The molecule has 4 rings (SSSR count). The quantitative estimate of drug-likeness (QED) is 0.456. The molecule has 0 saturated heterocycles. The second kappa shape index (κ2) is 8.19. The van der Waals surface area contributed by atoms with E-state index in [2.05, 4.69) is 57.8 Å². The van der Waals surface area contributed by atoms with Gasteiger partial charge in [0.1, 0.15) is 17.3 Å². The van der Waals surface area contributed by atoms with Crippen molar-refractivity contribution >= 4 is 37.6 Å². The van der Waals surface area contributed by atoms with E-state index in [4.69, 9.17) is 9.47 Å². The van der Waals surface area contributed by atoms with Gasteiger partial charge in [-0.25, -0.2) is 0 Å². The lowest BCUT2D eigenvalue weighted by Gasteiger charge is -2.22. The molecule has 0 aromatic heterocycles. The zero-order chi connectivity index (χ0) is 19.8. The lowest BCUT2D eigenvalue weighted by Crippen LogP contribution is -2.23. The molecule has 4 unspecified atom stereocenters. The molecule has 2 aliphatic heterocycles. The minimum absolute atomic E-state index is 0.192. The Hall–Kier alpha value is -1.33. The average molecular weight is 508 g/mol. The molecule has 2 aliphatic rings. The van der Waals surface area contributed by atoms with Crippen LogP contribution in [0.1, 0.15) is 59.8 Å². The molecule has 0 saturated carbocycles. The van der Waals surface area contributed by atoms with Crippen LogP contribution in [0.25, 0.3) is 0 Å². The van der Waals surface area contributed by atoms with Gasteiger partial charge in [-0.3, -0.25) is 4.79 Å². The summed E-state index contributed by atoms with van der Waals surface area (Å²) in [7, 11) is 0. The first-order chi connectivity index (χ1) is 13.5. The van der Waals surface area contributed by atoms with Crippen molar-refractivity contribution < 1.29 is 14.3 Å². The van der Waals surface area contributed by atoms with Crippen LogP contribution in [0.4, 0.5) is 0 Å². The Morgan fingerprint density at radius 2 is 1.32 bits per heavy atom. The highest BCUT2D eigenvalue weighted by Gasteiger charge is 2.31. The second-order valence-electron chi connectivity index (χ2n) is 7.83. The Kier molecular flexibility index (Phi) is 5.84. The van der Waals surface area contributed by atoms with Crippen LogP contribution in [0.2, 0.25) is 0 Å². The largest absolute Gasteiger partial charge is 0.493 e. The maximum absolute atomic E-state index is 13.5. The number of rotatable bonds is 6. The third-order valence-electron chi connectivity index (χ3n) is 5.91. The summed E-state index contributed by atoms with van der Waals surface area (Å²) in [6.07, 6.45) is 0. The topological polar surface area (TPSA) is 35.5 Å². The maximum atomic E-state index is 13.5. The summed E-state index contributed by atoms with van der Waals surface area (Å²) < 4.78 is 11.4. The molecule has 2 aromatic carbocycles. The van der Waals surface area contributed by atoms with E-state index in [0.717, 1.165) is 22.6 Å². The number of hydrogen-bond acceptors (Lipinski definition) is 3. The third-order valence-corrected chi connectivity index (χ3v) is 7.20. The molecule has 0 bridgehead atoms. The van der Waals surface area contributed by atoms with Gasteiger partial charge in [0, 0.05) is 33.6 Å². The number of ketones is 1. The molecule has 148 valence electrons. The molecular formula is C23H24Br2O3. The SMILES string of the molecule is CC1COc2ccc(C(CBr)C(=O)C(CBr)c3ccc4c(c3)C(C)CO4)cc21. The number of carbonyl (C=O) groups is 1. The first-order valence-electron chi connectivity index (χ1n) is 9.72. The van der Waals surface area contributed by atoms with Crippen molar-refractivity contribution in [2.75, 3.05) is 23.9 Å². The zero-order valence-corrected chi connectivity index (χ0v) is 19.3. The summed E-state index contributed by atoms with van der Waals surface area (Å²) in [6, 6.07) is 12.4. The molecule has 0 spiro atoms. The van der Waals surface area contributed by atoms with Gasteiger partial charge >= 0.3 is 0 Å². The summed E-state index contributed by atoms with van der Waals surface area (Å²) in [6.45, 7) is 5.75. The van der Waals surface area contributed by atoms with Crippen LogP contribution in [0.5, 0.6) is 11.5 Å². The van der Waals surface area contributed by atoms with Crippen molar-refractivity contribution in [3.63, 3.8) is 0 Å². The molecule has 0 N–H and O–H groups in total. The Morgan fingerprint density at radius 1 is 0.893 bits per heavy atom. The van der Waals surface area contributed by atoms with Gasteiger partial charge in [-0.1, -0.05) is 70.0 Å². The molecule has 0 aliphatic carbocycles. The van der Waals surface area contributed by atoms with Gasteiger partial charge < -0.3 is 9.47 Å². The number of alkyl halides is 2. The highest BCUT2D eigenvalue weighted by atomic mass is 79.9. The van der Waals surface area contributed by atoms with Crippen LogP contribution in [-0.2, 0) is 4.79 Å². The van der Waals surface area contributed by atoms with Crippen molar-refractivity contribution in [2.24, 2.45) is 0 Å². The highest BCUT2D eigenvalue weighted by molar-refractivity contribution is 9.09. The van der Waals surface area contributed by atoms with E-state index >= 15 is 0 Å². The first kappa shape index (κ1) is 20.0. The average Bonchev–Trinajstić information content (AvgIpc) is 3.26. The van der Waals surface area contributed by atoms with Crippen LogP contribution in [0.15, 0.2) is 36.4 Å². The smallest absolute Gasteiger partial charge is 0.149 e. The molecule has 2 aromatic rings. The fourth-order valence-electron chi connectivity index (χ4n) is 4.11. The van der Waals surface area contributed by atoms with E-state index in [9.17, 15) is 4.79 Å². The van der Waals surface area contributed by atoms with Crippen molar-refractivity contribution in [1.82, 2.24) is 0 Å². The Morgan fingerprint density at radius 3 is 1.71 bits per heavy atom.